The number of amides is 1. The molecule has 0 aliphatic heterocycles. The highest BCUT2D eigenvalue weighted by atomic mass is 32.2. The molecule has 7 nitrogen and oxygen atoms in total. The number of carbonyl (C=O) groups is 1. The van der Waals surface area contributed by atoms with Crippen LogP contribution >= 0.6 is 0 Å². The second-order valence-corrected chi connectivity index (χ2v) is 8.15. The number of carbonyl (C=O) groups excluding carboxylic acids is 1. The van der Waals surface area contributed by atoms with Gasteiger partial charge in [-0.25, -0.2) is 0 Å². The van der Waals surface area contributed by atoms with Gasteiger partial charge in [-0.15, -0.1) is 0 Å². The van der Waals surface area contributed by atoms with Gasteiger partial charge in [0.15, 0.2) is 11.5 Å². The first-order chi connectivity index (χ1) is 12.4. The van der Waals surface area contributed by atoms with E-state index in [4.69, 9.17) is 13.7 Å². The third kappa shape index (κ3) is 5.35. The minimum Gasteiger partial charge on any atom is -0.493 e. The van der Waals surface area contributed by atoms with Gasteiger partial charge in [-0.2, -0.15) is 8.42 Å². The first-order valence-electron chi connectivity index (χ1n) is 8.77. The molecule has 0 aromatic heterocycles. The number of methoxy groups -OCH3 is 2. The topological polar surface area (TPSA) is 82.1 Å². The second-order valence-electron chi connectivity index (χ2n) is 6.30. The van der Waals surface area contributed by atoms with Crippen LogP contribution in [-0.4, -0.2) is 52.3 Å². The highest BCUT2D eigenvalue weighted by Gasteiger charge is 2.29. The molecule has 1 aromatic carbocycles. The Labute approximate surface area is 155 Å². The fraction of sp³-hybridized carbons (Fsp3) is 0.611. The van der Waals surface area contributed by atoms with Crippen LogP contribution in [-0.2, 0) is 26.2 Å². The highest BCUT2D eigenvalue weighted by Crippen LogP contribution is 2.31. The average Bonchev–Trinajstić information content (AvgIpc) is 2.57. The smallest absolute Gasteiger partial charge is 0.309 e. The molecule has 0 spiro atoms. The standard InChI is InChI=1S/C18H27NO6S/c1-4-26(21,22)25-17-12-14(8-9-16(17)24-3)13-19(10-11-23-2)18(20)15-6-5-7-15/h8-9,12,15H,4-7,10-11,13H2,1-3H3. The summed E-state index contributed by atoms with van der Waals surface area (Å²) in [7, 11) is -0.622. The van der Waals surface area contributed by atoms with E-state index >= 15 is 0 Å². The molecule has 2 rings (SSSR count). The van der Waals surface area contributed by atoms with Gasteiger partial charge in [0.2, 0.25) is 5.91 Å². The third-order valence-corrected chi connectivity index (χ3v) is 5.64. The van der Waals surface area contributed by atoms with Crippen LogP contribution in [0.5, 0.6) is 11.5 Å². The summed E-state index contributed by atoms with van der Waals surface area (Å²) in [6.45, 7) is 2.81. The third-order valence-electron chi connectivity index (χ3n) is 4.50. The number of nitrogens with zero attached hydrogens (tertiary/aromatic N) is 1. The van der Waals surface area contributed by atoms with E-state index in [9.17, 15) is 13.2 Å². The van der Waals surface area contributed by atoms with E-state index < -0.39 is 10.1 Å². The Balaban J connectivity index is 2.20. The SMILES string of the molecule is CCS(=O)(=O)Oc1cc(CN(CCOC)C(=O)C2CCC2)ccc1OC. The van der Waals surface area contributed by atoms with E-state index in [1.54, 1.807) is 30.2 Å². The normalized spacial score (nSPS) is 14.6. The predicted molar refractivity (Wildman–Crippen MR) is 97.7 cm³/mol. The molecule has 8 heteroatoms. The molecule has 1 fully saturated rings. The first-order valence-corrected chi connectivity index (χ1v) is 10.3. The zero-order valence-corrected chi connectivity index (χ0v) is 16.4. The van der Waals surface area contributed by atoms with E-state index in [2.05, 4.69) is 0 Å². The summed E-state index contributed by atoms with van der Waals surface area (Å²) < 4.78 is 39.0. The molecule has 0 N–H and O–H groups in total. The lowest BCUT2D eigenvalue weighted by Gasteiger charge is -2.31. The Morgan fingerprint density at radius 3 is 2.50 bits per heavy atom. The summed E-state index contributed by atoms with van der Waals surface area (Å²) >= 11 is 0. The number of ether oxygens (including phenoxy) is 2. The Kier molecular flexibility index (Phi) is 7.28. The Bertz CT molecular complexity index is 714. The number of benzene rings is 1. The summed E-state index contributed by atoms with van der Waals surface area (Å²) in [5.41, 5.74) is 0.774. The monoisotopic (exact) mass is 385 g/mol. The van der Waals surface area contributed by atoms with Gasteiger partial charge in [0.1, 0.15) is 0 Å². The van der Waals surface area contributed by atoms with Crippen molar-refractivity contribution < 1.29 is 26.9 Å². The maximum Gasteiger partial charge on any atom is 0.309 e. The van der Waals surface area contributed by atoms with Crippen molar-refractivity contribution in [2.24, 2.45) is 5.92 Å². The Hall–Kier alpha value is -1.80. The average molecular weight is 385 g/mol. The van der Waals surface area contributed by atoms with E-state index in [0.717, 1.165) is 24.8 Å². The van der Waals surface area contributed by atoms with Gasteiger partial charge in [-0.05, 0) is 37.5 Å². The number of hydrogen-bond donors (Lipinski definition) is 0. The van der Waals surface area contributed by atoms with E-state index in [1.165, 1.54) is 14.0 Å². The van der Waals surface area contributed by atoms with E-state index in [1.807, 2.05) is 0 Å². The molecule has 0 unspecified atom stereocenters. The van der Waals surface area contributed by atoms with Gasteiger partial charge in [0.25, 0.3) is 0 Å². The lowest BCUT2D eigenvalue weighted by Crippen LogP contribution is -2.40. The minimum atomic E-state index is -3.67. The van der Waals surface area contributed by atoms with Crippen molar-refractivity contribution in [1.82, 2.24) is 4.90 Å². The zero-order valence-electron chi connectivity index (χ0n) is 15.6. The van der Waals surface area contributed by atoms with Crippen molar-refractivity contribution in [2.45, 2.75) is 32.7 Å². The molecule has 146 valence electrons. The van der Waals surface area contributed by atoms with Crippen LogP contribution < -0.4 is 8.92 Å². The maximum atomic E-state index is 12.6. The molecular formula is C18H27NO6S. The summed E-state index contributed by atoms with van der Waals surface area (Å²) in [6.07, 6.45) is 2.94. The summed E-state index contributed by atoms with van der Waals surface area (Å²) in [5, 5.41) is 0. The second kappa shape index (κ2) is 9.23. The van der Waals surface area contributed by atoms with Crippen LogP contribution in [0.3, 0.4) is 0 Å². The maximum absolute atomic E-state index is 12.6. The van der Waals surface area contributed by atoms with Crippen molar-refractivity contribution >= 4 is 16.0 Å². The van der Waals surface area contributed by atoms with E-state index in [0.29, 0.717) is 25.4 Å². The fourth-order valence-electron chi connectivity index (χ4n) is 2.68. The summed E-state index contributed by atoms with van der Waals surface area (Å²) in [4.78, 5) is 14.4. The van der Waals surface area contributed by atoms with Crippen LogP contribution in [0.2, 0.25) is 0 Å². The minimum absolute atomic E-state index is 0.0845. The molecule has 0 bridgehead atoms. The fourth-order valence-corrected chi connectivity index (χ4v) is 3.20. The zero-order chi connectivity index (χ0) is 19.2. The Morgan fingerprint density at radius 2 is 1.96 bits per heavy atom. The predicted octanol–water partition coefficient (Wildman–Crippen LogP) is 2.20. The molecule has 0 radical (unpaired) electrons. The van der Waals surface area contributed by atoms with Crippen LogP contribution in [0.4, 0.5) is 0 Å². The van der Waals surface area contributed by atoms with Crippen LogP contribution in [0.25, 0.3) is 0 Å². The van der Waals surface area contributed by atoms with Crippen molar-refractivity contribution in [1.29, 1.82) is 0 Å². The molecular weight excluding hydrogens is 358 g/mol. The molecule has 1 aliphatic carbocycles. The van der Waals surface area contributed by atoms with Crippen LogP contribution in [0, 0.1) is 5.92 Å². The molecule has 0 saturated heterocycles. The quantitative estimate of drug-likeness (QED) is 0.574. The molecule has 1 aromatic rings. The molecule has 1 aliphatic rings. The summed E-state index contributed by atoms with van der Waals surface area (Å²) in [5.74, 6) is 0.531. The molecule has 1 saturated carbocycles. The summed E-state index contributed by atoms with van der Waals surface area (Å²) in [6, 6.07) is 5.07. The molecule has 0 heterocycles. The van der Waals surface area contributed by atoms with Gasteiger partial charge in [-0.3, -0.25) is 4.79 Å². The largest absolute Gasteiger partial charge is 0.493 e. The van der Waals surface area contributed by atoms with Gasteiger partial charge < -0.3 is 18.6 Å². The number of hydrogen-bond acceptors (Lipinski definition) is 6. The molecule has 0 atom stereocenters. The highest BCUT2D eigenvalue weighted by molar-refractivity contribution is 7.87. The number of rotatable bonds is 10. The van der Waals surface area contributed by atoms with Crippen LogP contribution in [0.15, 0.2) is 18.2 Å². The Morgan fingerprint density at radius 1 is 1.23 bits per heavy atom. The van der Waals surface area contributed by atoms with Gasteiger partial charge in [0, 0.05) is 26.1 Å². The van der Waals surface area contributed by atoms with Crippen molar-refractivity contribution in [2.75, 3.05) is 33.1 Å². The first kappa shape index (κ1) is 20.5. The van der Waals surface area contributed by atoms with Gasteiger partial charge in [0.05, 0.1) is 19.5 Å². The van der Waals surface area contributed by atoms with Gasteiger partial charge >= 0.3 is 10.1 Å². The van der Waals surface area contributed by atoms with Gasteiger partial charge in [-0.1, -0.05) is 12.5 Å². The van der Waals surface area contributed by atoms with Crippen LogP contribution in [0.1, 0.15) is 31.7 Å². The lowest BCUT2D eigenvalue weighted by atomic mass is 9.84. The van der Waals surface area contributed by atoms with Crippen molar-refractivity contribution in [3.8, 4) is 11.5 Å². The van der Waals surface area contributed by atoms with Crippen molar-refractivity contribution in [3.05, 3.63) is 23.8 Å². The molecule has 26 heavy (non-hydrogen) atoms. The molecule has 1 amide bonds. The van der Waals surface area contributed by atoms with Crippen molar-refractivity contribution in [3.63, 3.8) is 0 Å². The lowest BCUT2D eigenvalue weighted by molar-refractivity contribution is -0.139. The van der Waals surface area contributed by atoms with E-state index in [-0.39, 0.29) is 23.3 Å².